The number of aromatic nitrogens is 2. The van der Waals surface area contributed by atoms with Crippen LogP contribution in [0.5, 0.6) is 0 Å². The molecule has 2 heteroatoms. The van der Waals surface area contributed by atoms with Crippen molar-refractivity contribution in [3.63, 3.8) is 0 Å². The average Bonchev–Trinajstić information content (AvgIpc) is 3.41. The van der Waals surface area contributed by atoms with Crippen molar-refractivity contribution in [2.24, 2.45) is 0 Å². The van der Waals surface area contributed by atoms with Gasteiger partial charge < -0.3 is 0 Å². The Hall–Kier alpha value is -8.72. The molecule has 0 spiro atoms. The van der Waals surface area contributed by atoms with Crippen LogP contribution in [-0.4, -0.2) is 9.97 Å². The van der Waals surface area contributed by atoms with E-state index in [0.717, 1.165) is 44.8 Å². The third-order valence-corrected chi connectivity index (χ3v) is 12.9. The van der Waals surface area contributed by atoms with Crippen LogP contribution in [0.15, 0.2) is 255 Å². The summed E-state index contributed by atoms with van der Waals surface area (Å²) in [4.78, 5) is 10.4. The molecule has 308 valence electrons. The Bertz CT molecular complexity index is 3690. The van der Waals surface area contributed by atoms with E-state index in [9.17, 15) is 0 Å². The predicted molar refractivity (Wildman–Crippen MR) is 278 cm³/mol. The van der Waals surface area contributed by atoms with Crippen LogP contribution < -0.4 is 0 Å². The monoisotopic (exact) mass is 838 g/mol. The molecule has 12 aromatic rings. The zero-order valence-corrected chi connectivity index (χ0v) is 36.1. The van der Waals surface area contributed by atoms with E-state index in [1.54, 1.807) is 0 Å². The van der Waals surface area contributed by atoms with Gasteiger partial charge in [0.25, 0.3) is 0 Å². The first kappa shape index (κ1) is 38.9. The maximum atomic E-state index is 5.20. The van der Waals surface area contributed by atoms with Crippen LogP contribution in [-0.2, 0) is 0 Å². The van der Waals surface area contributed by atoms with Crippen molar-refractivity contribution in [1.29, 1.82) is 0 Å². The Morgan fingerprint density at radius 2 is 0.621 bits per heavy atom. The Labute approximate surface area is 384 Å². The van der Waals surface area contributed by atoms with Crippen LogP contribution in [0.1, 0.15) is 0 Å². The van der Waals surface area contributed by atoms with Crippen LogP contribution in [0.25, 0.3) is 122 Å². The molecule has 1 aromatic heterocycles. The molecule has 66 heavy (non-hydrogen) atoms. The van der Waals surface area contributed by atoms with Gasteiger partial charge in [-0.2, -0.15) is 0 Å². The molecule has 2 nitrogen and oxygen atoms in total. The number of fused-ring (bicyclic) bond motifs is 4. The third-order valence-electron chi connectivity index (χ3n) is 12.9. The summed E-state index contributed by atoms with van der Waals surface area (Å²) in [7, 11) is 0. The number of hydrogen-bond donors (Lipinski definition) is 0. The van der Waals surface area contributed by atoms with Gasteiger partial charge in [-0.25, -0.2) is 9.97 Å². The molecule has 0 aliphatic heterocycles. The topological polar surface area (TPSA) is 25.8 Å². The Balaban J connectivity index is 0.845. The zero-order valence-electron chi connectivity index (χ0n) is 36.1. The van der Waals surface area contributed by atoms with E-state index >= 15 is 0 Å². The summed E-state index contributed by atoms with van der Waals surface area (Å²) >= 11 is 0. The van der Waals surface area contributed by atoms with Crippen LogP contribution >= 0.6 is 0 Å². The largest absolute Gasteiger partial charge is 0.228 e. The minimum atomic E-state index is 0.690. The van der Waals surface area contributed by atoms with E-state index in [1.807, 2.05) is 6.07 Å². The molecule has 0 N–H and O–H groups in total. The summed E-state index contributed by atoms with van der Waals surface area (Å²) in [5, 5.41) is 7.63. The highest BCUT2D eigenvalue weighted by Gasteiger charge is 2.15. The zero-order chi connectivity index (χ0) is 43.8. The quantitative estimate of drug-likeness (QED) is 0.113. The van der Waals surface area contributed by atoms with E-state index in [4.69, 9.17) is 9.97 Å². The van der Waals surface area contributed by atoms with Crippen molar-refractivity contribution in [2.45, 2.75) is 0 Å². The Morgan fingerprint density at radius 1 is 0.197 bits per heavy atom. The maximum absolute atomic E-state index is 5.20. The minimum absolute atomic E-state index is 0.690. The summed E-state index contributed by atoms with van der Waals surface area (Å²) in [6.45, 7) is 0. The molecule has 0 saturated carbocycles. The van der Waals surface area contributed by atoms with Gasteiger partial charge in [-0.15, -0.1) is 0 Å². The van der Waals surface area contributed by atoms with Gasteiger partial charge in [-0.3, -0.25) is 0 Å². The standard InChI is InChI=1S/C64H42N2/c1-3-12-43(13-4-1)45-26-32-51(33-27-45)61-42-62(56-19-11-18-54(40-56)44-14-5-2-6-15-44)66-64(65-61)53-36-30-49(31-37-53)47-24-22-46(23-25-47)48-28-34-52(35-29-48)63-58-21-10-8-17-55(58)41-60-57-20-9-7-16-50(57)38-39-59(60)63/h1-42H. The summed E-state index contributed by atoms with van der Waals surface area (Å²) < 4.78 is 0. The molecular weight excluding hydrogens is 797 g/mol. The fourth-order valence-corrected chi connectivity index (χ4v) is 9.45. The van der Waals surface area contributed by atoms with E-state index in [-0.39, 0.29) is 0 Å². The highest BCUT2D eigenvalue weighted by molar-refractivity contribution is 6.20. The minimum Gasteiger partial charge on any atom is -0.228 e. The van der Waals surface area contributed by atoms with Crippen LogP contribution in [0.2, 0.25) is 0 Å². The summed E-state index contributed by atoms with van der Waals surface area (Å²) in [6.07, 6.45) is 0. The predicted octanol–water partition coefficient (Wildman–Crippen LogP) is 17.3. The number of rotatable bonds is 8. The van der Waals surface area contributed by atoms with Crippen molar-refractivity contribution in [3.8, 4) is 89.5 Å². The number of hydrogen-bond acceptors (Lipinski definition) is 2. The van der Waals surface area contributed by atoms with E-state index < -0.39 is 0 Å². The van der Waals surface area contributed by atoms with Gasteiger partial charge in [-0.1, -0.05) is 237 Å². The van der Waals surface area contributed by atoms with Crippen molar-refractivity contribution in [1.82, 2.24) is 9.97 Å². The maximum Gasteiger partial charge on any atom is 0.160 e. The lowest BCUT2D eigenvalue weighted by Gasteiger charge is -2.14. The smallest absolute Gasteiger partial charge is 0.160 e. The molecular formula is C64H42N2. The van der Waals surface area contributed by atoms with Crippen LogP contribution in [0.4, 0.5) is 0 Å². The molecule has 11 aromatic carbocycles. The second-order valence-electron chi connectivity index (χ2n) is 16.9. The Morgan fingerprint density at radius 3 is 1.23 bits per heavy atom. The van der Waals surface area contributed by atoms with Crippen molar-refractivity contribution < 1.29 is 0 Å². The highest BCUT2D eigenvalue weighted by Crippen LogP contribution is 2.40. The fraction of sp³-hybridized carbons (Fsp3) is 0. The molecule has 0 aliphatic carbocycles. The van der Waals surface area contributed by atoms with Gasteiger partial charge in [0.05, 0.1) is 11.4 Å². The lowest BCUT2D eigenvalue weighted by Crippen LogP contribution is -1.96. The van der Waals surface area contributed by atoms with Gasteiger partial charge in [0, 0.05) is 16.7 Å². The van der Waals surface area contributed by atoms with Gasteiger partial charge in [0.15, 0.2) is 5.82 Å². The molecule has 0 aliphatic rings. The first-order valence-electron chi connectivity index (χ1n) is 22.5. The third kappa shape index (κ3) is 7.41. The van der Waals surface area contributed by atoms with Gasteiger partial charge >= 0.3 is 0 Å². The lowest BCUT2D eigenvalue weighted by atomic mass is 9.89. The fourth-order valence-electron chi connectivity index (χ4n) is 9.45. The Kier molecular flexibility index (Phi) is 9.89. The highest BCUT2D eigenvalue weighted by atomic mass is 14.9. The number of nitrogens with zero attached hydrogens (tertiary/aromatic N) is 2. The molecule has 0 bridgehead atoms. The molecule has 0 fully saturated rings. The first-order valence-corrected chi connectivity index (χ1v) is 22.5. The molecule has 0 atom stereocenters. The van der Waals surface area contributed by atoms with Crippen molar-refractivity contribution in [3.05, 3.63) is 255 Å². The van der Waals surface area contributed by atoms with Gasteiger partial charge in [0.2, 0.25) is 0 Å². The second kappa shape index (κ2) is 16.8. The SMILES string of the molecule is c1ccc(-c2ccc(-c3cc(-c4cccc(-c5ccccc5)c4)nc(-c4ccc(-c5ccc(-c6ccc(-c7c8ccccc8cc8c7ccc7ccccc78)cc6)cc5)cc4)n3)cc2)cc1. The van der Waals surface area contributed by atoms with Crippen molar-refractivity contribution in [2.75, 3.05) is 0 Å². The van der Waals surface area contributed by atoms with Crippen LogP contribution in [0.3, 0.4) is 0 Å². The van der Waals surface area contributed by atoms with Crippen molar-refractivity contribution >= 4 is 32.3 Å². The molecule has 1 heterocycles. The van der Waals surface area contributed by atoms with E-state index in [1.165, 1.54) is 71.3 Å². The molecule has 0 amide bonds. The molecule has 0 saturated heterocycles. The number of benzene rings is 11. The van der Waals surface area contributed by atoms with E-state index in [0.29, 0.717) is 5.82 Å². The molecule has 0 unspecified atom stereocenters. The normalized spacial score (nSPS) is 11.3. The molecule has 12 rings (SSSR count). The summed E-state index contributed by atoms with van der Waals surface area (Å²) in [5.74, 6) is 0.690. The summed E-state index contributed by atoms with van der Waals surface area (Å²) in [5.41, 5.74) is 16.7. The van der Waals surface area contributed by atoms with Gasteiger partial charge in [-0.05, 0) is 106 Å². The lowest BCUT2D eigenvalue weighted by molar-refractivity contribution is 1.18. The second-order valence-corrected chi connectivity index (χ2v) is 16.9. The van der Waals surface area contributed by atoms with E-state index in [2.05, 4.69) is 249 Å². The van der Waals surface area contributed by atoms with Gasteiger partial charge in [0.1, 0.15) is 0 Å². The molecule has 0 radical (unpaired) electrons. The summed E-state index contributed by atoms with van der Waals surface area (Å²) in [6, 6.07) is 91.3. The van der Waals surface area contributed by atoms with Crippen LogP contribution in [0, 0.1) is 0 Å². The first-order chi connectivity index (χ1) is 32.7. The average molecular weight is 839 g/mol.